The van der Waals surface area contributed by atoms with E-state index in [4.69, 9.17) is 5.73 Å². The molecule has 0 saturated heterocycles. The number of hydrogen-bond donors (Lipinski definition) is 1. The molecule has 0 amide bonds. The second-order valence-electron chi connectivity index (χ2n) is 4.91. The molecular formula is C17H15N3O. The van der Waals surface area contributed by atoms with Gasteiger partial charge in [-0.25, -0.2) is 4.68 Å². The van der Waals surface area contributed by atoms with Gasteiger partial charge in [-0.05, 0) is 42.8 Å². The zero-order valence-corrected chi connectivity index (χ0v) is 11.7. The summed E-state index contributed by atoms with van der Waals surface area (Å²) in [4.78, 5) is 12.5. The zero-order valence-electron chi connectivity index (χ0n) is 11.7. The maximum absolute atomic E-state index is 12.5. The molecule has 3 rings (SSSR count). The number of rotatable bonds is 3. The number of carbonyl (C=O) groups is 1. The Bertz CT molecular complexity index is 791. The van der Waals surface area contributed by atoms with Gasteiger partial charge < -0.3 is 5.73 Å². The third-order valence-electron chi connectivity index (χ3n) is 3.36. The van der Waals surface area contributed by atoms with Gasteiger partial charge in [-0.1, -0.05) is 18.2 Å². The molecule has 0 spiro atoms. The summed E-state index contributed by atoms with van der Waals surface area (Å²) in [5.41, 5.74) is 9.38. The molecular weight excluding hydrogens is 262 g/mol. The van der Waals surface area contributed by atoms with Gasteiger partial charge in [-0.3, -0.25) is 4.79 Å². The van der Waals surface area contributed by atoms with Crippen molar-refractivity contribution in [3.63, 3.8) is 0 Å². The molecule has 104 valence electrons. The van der Waals surface area contributed by atoms with Crippen LogP contribution in [0.2, 0.25) is 0 Å². The normalized spacial score (nSPS) is 10.5. The first-order chi connectivity index (χ1) is 10.1. The minimum absolute atomic E-state index is 0.0466. The SMILES string of the molecule is Cc1cc(N)ccc1C(=O)c1cnn(-c2ccccc2)c1. The minimum atomic E-state index is -0.0466. The van der Waals surface area contributed by atoms with E-state index >= 15 is 0 Å². The molecule has 0 bridgehead atoms. The van der Waals surface area contributed by atoms with Gasteiger partial charge in [0.1, 0.15) is 0 Å². The molecule has 0 aliphatic heterocycles. The number of ketones is 1. The topological polar surface area (TPSA) is 60.9 Å². The van der Waals surface area contributed by atoms with Crippen LogP contribution in [0.25, 0.3) is 5.69 Å². The molecule has 21 heavy (non-hydrogen) atoms. The molecule has 2 N–H and O–H groups in total. The van der Waals surface area contributed by atoms with Gasteiger partial charge in [0, 0.05) is 17.4 Å². The van der Waals surface area contributed by atoms with Crippen LogP contribution in [-0.4, -0.2) is 15.6 Å². The second kappa shape index (κ2) is 5.25. The van der Waals surface area contributed by atoms with Crippen molar-refractivity contribution in [1.82, 2.24) is 9.78 Å². The van der Waals surface area contributed by atoms with E-state index in [1.165, 1.54) is 0 Å². The highest BCUT2D eigenvalue weighted by Crippen LogP contribution is 2.17. The summed E-state index contributed by atoms with van der Waals surface area (Å²) in [6, 6.07) is 15.0. The summed E-state index contributed by atoms with van der Waals surface area (Å²) in [7, 11) is 0. The van der Waals surface area contributed by atoms with Crippen LogP contribution in [0.15, 0.2) is 60.9 Å². The first-order valence-corrected chi connectivity index (χ1v) is 6.66. The Balaban J connectivity index is 1.94. The van der Waals surface area contributed by atoms with Crippen LogP contribution in [0.3, 0.4) is 0 Å². The summed E-state index contributed by atoms with van der Waals surface area (Å²) in [6.45, 7) is 1.88. The number of nitrogens with zero attached hydrogens (tertiary/aromatic N) is 2. The van der Waals surface area contributed by atoms with Crippen molar-refractivity contribution in [1.29, 1.82) is 0 Å². The van der Waals surface area contributed by atoms with Gasteiger partial charge in [0.25, 0.3) is 0 Å². The first kappa shape index (κ1) is 13.1. The highest BCUT2D eigenvalue weighted by Gasteiger charge is 2.14. The number of benzene rings is 2. The first-order valence-electron chi connectivity index (χ1n) is 6.66. The zero-order chi connectivity index (χ0) is 14.8. The van der Waals surface area contributed by atoms with E-state index in [-0.39, 0.29) is 5.78 Å². The van der Waals surface area contributed by atoms with Gasteiger partial charge in [0.05, 0.1) is 17.4 Å². The average molecular weight is 277 g/mol. The van der Waals surface area contributed by atoms with Crippen molar-refractivity contribution in [2.75, 3.05) is 5.73 Å². The van der Waals surface area contributed by atoms with E-state index in [2.05, 4.69) is 5.10 Å². The van der Waals surface area contributed by atoms with Gasteiger partial charge in [0.2, 0.25) is 0 Å². The van der Waals surface area contributed by atoms with E-state index in [1.807, 2.05) is 37.3 Å². The van der Waals surface area contributed by atoms with Crippen LogP contribution in [0.1, 0.15) is 21.5 Å². The third kappa shape index (κ3) is 2.56. The van der Waals surface area contributed by atoms with Crippen LogP contribution in [0.5, 0.6) is 0 Å². The summed E-state index contributed by atoms with van der Waals surface area (Å²) >= 11 is 0. The predicted octanol–water partition coefficient (Wildman–Crippen LogP) is 2.99. The van der Waals surface area contributed by atoms with Crippen LogP contribution in [0, 0.1) is 6.92 Å². The molecule has 0 aliphatic carbocycles. The van der Waals surface area contributed by atoms with Crippen molar-refractivity contribution in [3.8, 4) is 5.69 Å². The summed E-state index contributed by atoms with van der Waals surface area (Å²) in [6.07, 6.45) is 3.33. The monoisotopic (exact) mass is 277 g/mol. The number of nitrogen functional groups attached to an aromatic ring is 1. The number of nitrogens with two attached hydrogens (primary N) is 1. The van der Waals surface area contributed by atoms with Gasteiger partial charge >= 0.3 is 0 Å². The maximum atomic E-state index is 12.5. The van der Waals surface area contributed by atoms with Crippen LogP contribution in [-0.2, 0) is 0 Å². The lowest BCUT2D eigenvalue weighted by atomic mass is 10.0. The molecule has 4 heteroatoms. The van der Waals surface area contributed by atoms with Crippen molar-refractivity contribution >= 4 is 11.5 Å². The fourth-order valence-corrected chi connectivity index (χ4v) is 2.26. The Morgan fingerprint density at radius 3 is 2.62 bits per heavy atom. The number of aryl methyl sites for hydroxylation is 1. The van der Waals surface area contributed by atoms with E-state index in [0.29, 0.717) is 16.8 Å². The molecule has 0 radical (unpaired) electrons. The molecule has 0 unspecified atom stereocenters. The number of hydrogen-bond acceptors (Lipinski definition) is 3. The molecule has 3 aromatic rings. The maximum Gasteiger partial charge on any atom is 0.196 e. The van der Waals surface area contributed by atoms with Crippen molar-refractivity contribution in [2.24, 2.45) is 0 Å². The molecule has 1 heterocycles. The molecule has 0 fully saturated rings. The standard InChI is InChI=1S/C17H15N3O/c1-12-9-14(18)7-8-16(12)17(21)13-10-19-20(11-13)15-5-3-2-4-6-15/h2-11H,18H2,1H3. The van der Waals surface area contributed by atoms with Crippen LogP contribution in [0.4, 0.5) is 5.69 Å². The molecule has 0 atom stereocenters. The Kier molecular flexibility index (Phi) is 3.28. The number of carbonyl (C=O) groups excluding carboxylic acids is 1. The second-order valence-corrected chi connectivity index (χ2v) is 4.91. The van der Waals surface area contributed by atoms with Gasteiger partial charge in [-0.2, -0.15) is 5.10 Å². The summed E-state index contributed by atoms with van der Waals surface area (Å²) in [5.74, 6) is -0.0466. The smallest absolute Gasteiger partial charge is 0.196 e. The Morgan fingerprint density at radius 1 is 1.14 bits per heavy atom. The van der Waals surface area contributed by atoms with Crippen molar-refractivity contribution in [3.05, 3.63) is 77.6 Å². The van der Waals surface area contributed by atoms with Crippen molar-refractivity contribution in [2.45, 2.75) is 6.92 Å². The van der Waals surface area contributed by atoms with E-state index < -0.39 is 0 Å². The van der Waals surface area contributed by atoms with E-state index in [9.17, 15) is 4.79 Å². The number of para-hydroxylation sites is 1. The third-order valence-corrected chi connectivity index (χ3v) is 3.36. The lowest BCUT2D eigenvalue weighted by Gasteiger charge is -2.04. The molecule has 4 nitrogen and oxygen atoms in total. The average Bonchev–Trinajstić information content (AvgIpc) is 2.97. The van der Waals surface area contributed by atoms with E-state index in [0.717, 1.165) is 11.3 Å². The lowest BCUT2D eigenvalue weighted by molar-refractivity contribution is 0.103. The predicted molar refractivity (Wildman–Crippen MR) is 82.6 cm³/mol. The Labute approximate surface area is 122 Å². The molecule has 1 aromatic heterocycles. The molecule has 0 saturated carbocycles. The van der Waals surface area contributed by atoms with E-state index in [1.54, 1.807) is 35.3 Å². The molecule has 2 aromatic carbocycles. The van der Waals surface area contributed by atoms with Gasteiger partial charge in [-0.15, -0.1) is 0 Å². The highest BCUT2D eigenvalue weighted by molar-refractivity contribution is 6.09. The lowest BCUT2D eigenvalue weighted by Crippen LogP contribution is -2.03. The fraction of sp³-hybridized carbons (Fsp3) is 0.0588. The minimum Gasteiger partial charge on any atom is -0.399 e. The van der Waals surface area contributed by atoms with Crippen LogP contribution >= 0.6 is 0 Å². The van der Waals surface area contributed by atoms with Crippen LogP contribution < -0.4 is 5.73 Å². The van der Waals surface area contributed by atoms with Gasteiger partial charge in [0.15, 0.2) is 5.78 Å². The number of aromatic nitrogens is 2. The highest BCUT2D eigenvalue weighted by atomic mass is 16.1. The summed E-state index contributed by atoms with van der Waals surface area (Å²) in [5, 5.41) is 4.25. The van der Waals surface area contributed by atoms with Crippen molar-refractivity contribution < 1.29 is 4.79 Å². The molecule has 0 aliphatic rings. The number of anilines is 1. The quantitative estimate of drug-likeness (QED) is 0.591. The Morgan fingerprint density at radius 2 is 1.90 bits per heavy atom. The Hall–Kier alpha value is -2.88. The summed E-state index contributed by atoms with van der Waals surface area (Å²) < 4.78 is 1.69. The largest absolute Gasteiger partial charge is 0.399 e. The fourth-order valence-electron chi connectivity index (χ4n) is 2.26.